The van der Waals surface area contributed by atoms with Crippen LogP contribution in [0.5, 0.6) is 0 Å². The van der Waals surface area contributed by atoms with Crippen molar-refractivity contribution in [1.82, 2.24) is 10.6 Å². The van der Waals surface area contributed by atoms with Crippen LogP contribution in [0.2, 0.25) is 5.02 Å². The third-order valence-electron chi connectivity index (χ3n) is 3.77. The minimum atomic E-state index is -0.535. The molecule has 1 atom stereocenters. The number of carbonyl (C=O) groups excluding carboxylic acids is 2. The van der Waals surface area contributed by atoms with Crippen LogP contribution in [0, 0.1) is 0 Å². The molecule has 0 aliphatic carbocycles. The van der Waals surface area contributed by atoms with Gasteiger partial charge in [-0.1, -0.05) is 35.9 Å². The summed E-state index contributed by atoms with van der Waals surface area (Å²) in [6, 6.07) is 14.3. The number of rotatable bonds is 5. The quantitative estimate of drug-likeness (QED) is 0.768. The van der Waals surface area contributed by atoms with Gasteiger partial charge < -0.3 is 15.4 Å². The number of benzene rings is 2. The number of hydrogen-bond acceptors (Lipinski definition) is 3. The smallest absolute Gasteiger partial charge is 0.407 e. The molecule has 27 heavy (non-hydrogen) atoms. The second-order valence-electron chi connectivity index (χ2n) is 7.30. The standard InChI is InChI=1S/C21H25ClN2O3/c1-14(16-9-11-18(22)12-10-16)24-19(25)17-7-5-15(6-8-17)13-23-20(26)27-21(2,3)4/h5-12,14H,13H2,1-4H3,(H,23,26)(H,24,25)/t14-/m1/s1. The van der Waals surface area contributed by atoms with E-state index in [1.165, 1.54) is 0 Å². The number of hydrogen-bond donors (Lipinski definition) is 2. The van der Waals surface area contributed by atoms with Gasteiger partial charge in [-0.05, 0) is 63.1 Å². The van der Waals surface area contributed by atoms with Crippen LogP contribution in [-0.4, -0.2) is 17.6 Å². The minimum Gasteiger partial charge on any atom is -0.444 e. The van der Waals surface area contributed by atoms with Gasteiger partial charge in [0.1, 0.15) is 5.60 Å². The first-order valence-corrected chi connectivity index (χ1v) is 9.14. The van der Waals surface area contributed by atoms with Crippen LogP contribution < -0.4 is 10.6 Å². The van der Waals surface area contributed by atoms with E-state index < -0.39 is 11.7 Å². The minimum absolute atomic E-state index is 0.136. The highest BCUT2D eigenvalue weighted by molar-refractivity contribution is 6.30. The highest BCUT2D eigenvalue weighted by Crippen LogP contribution is 2.17. The molecule has 2 aromatic rings. The Bertz CT molecular complexity index is 781. The van der Waals surface area contributed by atoms with E-state index in [9.17, 15) is 9.59 Å². The molecule has 2 aromatic carbocycles. The fourth-order valence-corrected chi connectivity index (χ4v) is 2.50. The van der Waals surface area contributed by atoms with Gasteiger partial charge in [-0.3, -0.25) is 4.79 Å². The van der Waals surface area contributed by atoms with Gasteiger partial charge in [0.05, 0.1) is 6.04 Å². The molecular formula is C21H25ClN2O3. The molecule has 0 heterocycles. The van der Waals surface area contributed by atoms with Crippen LogP contribution in [0.3, 0.4) is 0 Å². The first kappa shape index (κ1) is 20.8. The Kier molecular flexibility index (Phi) is 6.86. The van der Waals surface area contributed by atoms with E-state index in [2.05, 4.69) is 10.6 Å². The van der Waals surface area contributed by atoms with Gasteiger partial charge in [0.15, 0.2) is 0 Å². The lowest BCUT2D eigenvalue weighted by Crippen LogP contribution is -2.32. The molecule has 2 rings (SSSR count). The Morgan fingerprint density at radius 1 is 1.04 bits per heavy atom. The lowest BCUT2D eigenvalue weighted by molar-refractivity contribution is 0.0523. The Labute approximate surface area is 165 Å². The van der Waals surface area contributed by atoms with Crippen LogP contribution in [0.1, 0.15) is 55.2 Å². The van der Waals surface area contributed by atoms with Gasteiger partial charge in [-0.15, -0.1) is 0 Å². The monoisotopic (exact) mass is 388 g/mol. The molecule has 2 N–H and O–H groups in total. The van der Waals surface area contributed by atoms with E-state index in [4.69, 9.17) is 16.3 Å². The van der Waals surface area contributed by atoms with E-state index in [0.717, 1.165) is 11.1 Å². The Morgan fingerprint density at radius 3 is 2.19 bits per heavy atom. The van der Waals surface area contributed by atoms with Crippen molar-refractivity contribution in [2.75, 3.05) is 0 Å². The zero-order valence-corrected chi connectivity index (χ0v) is 16.8. The van der Waals surface area contributed by atoms with Crippen LogP contribution in [0.4, 0.5) is 4.79 Å². The van der Waals surface area contributed by atoms with Crippen molar-refractivity contribution in [2.45, 2.75) is 45.9 Å². The van der Waals surface area contributed by atoms with Crippen molar-refractivity contribution in [3.8, 4) is 0 Å². The zero-order chi connectivity index (χ0) is 20.0. The van der Waals surface area contributed by atoms with Crippen LogP contribution in [-0.2, 0) is 11.3 Å². The molecule has 0 radical (unpaired) electrons. The summed E-state index contributed by atoms with van der Waals surface area (Å²) in [4.78, 5) is 24.1. The Morgan fingerprint density at radius 2 is 1.63 bits per heavy atom. The van der Waals surface area contributed by atoms with E-state index >= 15 is 0 Å². The van der Waals surface area contributed by atoms with Gasteiger partial charge in [-0.25, -0.2) is 4.79 Å². The van der Waals surface area contributed by atoms with Crippen LogP contribution in [0.25, 0.3) is 0 Å². The lowest BCUT2D eigenvalue weighted by Gasteiger charge is -2.19. The molecule has 0 aliphatic heterocycles. The molecule has 2 amide bonds. The van der Waals surface area contributed by atoms with Crippen LogP contribution in [0.15, 0.2) is 48.5 Å². The van der Waals surface area contributed by atoms with Gasteiger partial charge in [0.25, 0.3) is 5.91 Å². The molecule has 0 bridgehead atoms. The fourth-order valence-electron chi connectivity index (χ4n) is 2.38. The number of carbonyl (C=O) groups is 2. The van der Waals surface area contributed by atoms with Gasteiger partial charge in [0, 0.05) is 17.1 Å². The fraction of sp³-hybridized carbons (Fsp3) is 0.333. The van der Waals surface area contributed by atoms with Gasteiger partial charge in [0.2, 0.25) is 0 Å². The number of halogens is 1. The van der Waals surface area contributed by atoms with E-state index in [0.29, 0.717) is 17.1 Å². The number of alkyl carbamates (subject to hydrolysis) is 1. The van der Waals surface area contributed by atoms with E-state index in [-0.39, 0.29) is 11.9 Å². The molecule has 5 nitrogen and oxygen atoms in total. The maximum Gasteiger partial charge on any atom is 0.407 e. The lowest BCUT2D eigenvalue weighted by atomic mass is 10.1. The second kappa shape index (κ2) is 8.91. The summed E-state index contributed by atoms with van der Waals surface area (Å²) in [5, 5.41) is 6.31. The molecule has 6 heteroatoms. The average Bonchev–Trinajstić information content (AvgIpc) is 2.59. The molecule has 0 saturated heterocycles. The molecule has 0 aliphatic rings. The second-order valence-corrected chi connectivity index (χ2v) is 7.74. The molecule has 0 spiro atoms. The van der Waals surface area contributed by atoms with Crippen LogP contribution >= 0.6 is 11.6 Å². The van der Waals surface area contributed by atoms with Crippen molar-refractivity contribution in [3.05, 3.63) is 70.2 Å². The average molecular weight is 389 g/mol. The van der Waals surface area contributed by atoms with Crippen molar-refractivity contribution < 1.29 is 14.3 Å². The summed E-state index contributed by atoms with van der Waals surface area (Å²) in [5.74, 6) is -0.163. The molecule has 0 unspecified atom stereocenters. The predicted molar refractivity (Wildman–Crippen MR) is 107 cm³/mol. The van der Waals surface area contributed by atoms with E-state index in [1.807, 2.05) is 39.8 Å². The van der Waals surface area contributed by atoms with Gasteiger partial charge in [-0.2, -0.15) is 0 Å². The first-order chi connectivity index (χ1) is 12.6. The summed E-state index contributed by atoms with van der Waals surface area (Å²) < 4.78 is 5.19. The summed E-state index contributed by atoms with van der Waals surface area (Å²) in [6.45, 7) is 7.68. The van der Waals surface area contributed by atoms with E-state index in [1.54, 1.807) is 36.4 Å². The topological polar surface area (TPSA) is 67.4 Å². The normalized spacial score (nSPS) is 12.2. The first-order valence-electron chi connectivity index (χ1n) is 8.76. The highest BCUT2D eigenvalue weighted by Gasteiger charge is 2.16. The highest BCUT2D eigenvalue weighted by atomic mass is 35.5. The summed E-state index contributed by atoms with van der Waals surface area (Å²) in [6.07, 6.45) is -0.471. The number of ether oxygens (including phenoxy) is 1. The maximum atomic E-state index is 12.4. The SMILES string of the molecule is C[C@@H](NC(=O)c1ccc(CNC(=O)OC(C)(C)C)cc1)c1ccc(Cl)cc1. The largest absolute Gasteiger partial charge is 0.444 e. The van der Waals surface area contributed by atoms with Crippen molar-refractivity contribution >= 4 is 23.6 Å². The molecule has 0 aromatic heterocycles. The molecular weight excluding hydrogens is 364 g/mol. The summed E-state index contributed by atoms with van der Waals surface area (Å²) >= 11 is 5.89. The molecule has 0 saturated carbocycles. The van der Waals surface area contributed by atoms with Crippen molar-refractivity contribution in [2.24, 2.45) is 0 Å². The predicted octanol–water partition coefficient (Wildman–Crippen LogP) is 4.86. The third kappa shape index (κ3) is 6.94. The van der Waals surface area contributed by atoms with Crippen molar-refractivity contribution in [3.63, 3.8) is 0 Å². The third-order valence-corrected chi connectivity index (χ3v) is 4.02. The van der Waals surface area contributed by atoms with Crippen molar-refractivity contribution in [1.29, 1.82) is 0 Å². The summed E-state index contributed by atoms with van der Waals surface area (Å²) in [7, 11) is 0. The number of amides is 2. The Hall–Kier alpha value is -2.53. The Balaban J connectivity index is 1.89. The summed E-state index contributed by atoms with van der Waals surface area (Å²) in [5.41, 5.74) is 1.87. The molecule has 144 valence electrons. The van der Waals surface area contributed by atoms with Gasteiger partial charge >= 0.3 is 6.09 Å². The zero-order valence-electron chi connectivity index (χ0n) is 16.0. The number of nitrogens with one attached hydrogen (secondary N) is 2. The maximum absolute atomic E-state index is 12.4. The molecule has 0 fully saturated rings.